The summed E-state index contributed by atoms with van der Waals surface area (Å²) in [6.07, 6.45) is -5.34. The predicted octanol–water partition coefficient (Wildman–Crippen LogP) is -0.134. The molecule has 0 aliphatic carbocycles. The number of hydrogen-bond donors (Lipinski definition) is 7. The molecule has 1 fully saturated rings. The molecule has 0 spiro atoms. The summed E-state index contributed by atoms with van der Waals surface area (Å²) in [5.74, 6) is -2.22. The van der Waals surface area contributed by atoms with Crippen LogP contribution in [0.2, 0.25) is 0 Å². The summed E-state index contributed by atoms with van der Waals surface area (Å²) in [6.45, 7) is 1.57. The van der Waals surface area contributed by atoms with Gasteiger partial charge in [0.25, 0.3) is 11.8 Å². The molecule has 11 nitrogen and oxygen atoms in total. The lowest BCUT2D eigenvalue weighted by molar-refractivity contribution is -0.274. The van der Waals surface area contributed by atoms with E-state index in [9.17, 15) is 35.1 Å². The number of rotatable bonds is 7. The second-order valence-electron chi connectivity index (χ2n) is 9.11. The van der Waals surface area contributed by atoms with Crippen molar-refractivity contribution in [3.8, 4) is 0 Å². The molecule has 0 bridgehead atoms. The molecule has 11 heteroatoms. The van der Waals surface area contributed by atoms with Gasteiger partial charge < -0.3 is 40.7 Å². The van der Waals surface area contributed by atoms with E-state index in [1.54, 1.807) is 55.5 Å². The maximum absolute atomic E-state index is 13.7. The number of aliphatic hydroxyl groups is 6. The molecule has 2 aromatic carbocycles. The fraction of sp³-hybridized carbons (Fsp3) is 0.385. The van der Waals surface area contributed by atoms with Crippen LogP contribution in [0.4, 0.5) is 17.1 Å². The number of carbonyl (C=O) groups is 2. The molecule has 1 saturated heterocycles. The molecule has 0 radical (unpaired) electrons. The molecule has 2 aliphatic heterocycles. The van der Waals surface area contributed by atoms with Gasteiger partial charge in [-0.2, -0.15) is 0 Å². The van der Waals surface area contributed by atoms with Crippen molar-refractivity contribution < 1.29 is 45.0 Å². The Hall–Kier alpha value is -3.16. The van der Waals surface area contributed by atoms with Crippen LogP contribution >= 0.6 is 0 Å². The van der Waals surface area contributed by atoms with Crippen LogP contribution < -0.4 is 10.2 Å². The summed E-state index contributed by atoms with van der Waals surface area (Å²) in [6, 6.07) is 13.2. The fourth-order valence-corrected chi connectivity index (χ4v) is 4.59. The largest absolute Gasteiger partial charge is 0.396 e. The van der Waals surface area contributed by atoms with Crippen LogP contribution in [-0.2, 0) is 19.9 Å². The summed E-state index contributed by atoms with van der Waals surface area (Å²) in [5, 5.41) is 62.8. The van der Waals surface area contributed by atoms with Crippen LogP contribution in [-0.4, -0.2) is 79.8 Å². The zero-order valence-electron chi connectivity index (χ0n) is 20.0. The maximum Gasteiger partial charge on any atom is 0.268 e. The van der Waals surface area contributed by atoms with Crippen LogP contribution in [0.25, 0.3) is 0 Å². The monoisotopic (exact) mass is 514 g/mol. The van der Waals surface area contributed by atoms with Crippen molar-refractivity contribution >= 4 is 28.9 Å². The number of nitrogens with one attached hydrogen (secondary N) is 1. The molecule has 7 atom stereocenters. The highest BCUT2D eigenvalue weighted by molar-refractivity contribution is 6.12. The Balaban J connectivity index is 1.69. The lowest BCUT2D eigenvalue weighted by atomic mass is 9.82. The number of hydrogen-bond acceptors (Lipinski definition) is 9. The Kier molecular flexibility index (Phi) is 7.76. The van der Waals surface area contributed by atoms with Crippen molar-refractivity contribution in [2.75, 3.05) is 16.8 Å². The number of anilines is 3. The normalized spacial score (nSPS) is 30.4. The van der Waals surface area contributed by atoms with E-state index in [4.69, 9.17) is 9.84 Å². The predicted molar refractivity (Wildman–Crippen MR) is 131 cm³/mol. The van der Waals surface area contributed by atoms with Gasteiger partial charge in [0, 0.05) is 29.5 Å². The van der Waals surface area contributed by atoms with Gasteiger partial charge in [0.15, 0.2) is 18.0 Å². The van der Waals surface area contributed by atoms with Crippen molar-refractivity contribution in [3.05, 3.63) is 66.2 Å². The highest BCUT2D eigenvalue weighted by atomic mass is 16.6. The average molecular weight is 515 g/mol. The summed E-state index contributed by atoms with van der Waals surface area (Å²) >= 11 is 0. The summed E-state index contributed by atoms with van der Waals surface area (Å²) < 4.78 is 4.98. The van der Waals surface area contributed by atoms with E-state index in [1.165, 1.54) is 17.0 Å². The van der Waals surface area contributed by atoms with E-state index in [0.717, 1.165) is 0 Å². The van der Waals surface area contributed by atoms with E-state index < -0.39 is 54.0 Å². The van der Waals surface area contributed by atoms with Crippen molar-refractivity contribution in [2.24, 2.45) is 5.92 Å². The lowest BCUT2D eigenvalue weighted by Gasteiger charge is -2.37. The van der Waals surface area contributed by atoms with E-state index in [2.05, 4.69) is 5.32 Å². The van der Waals surface area contributed by atoms with Crippen LogP contribution in [0.15, 0.2) is 60.7 Å². The van der Waals surface area contributed by atoms with Gasteiger partial charge >= 0.3 is 0 Å². The number of nitrogens with zero attached hydrogens (tertiary/aromatic N) is 1. The summed E-state index contributed by atoms with van der Waals surface area (Å²) in [4.78, 5) is 27.9. The number of fused-ring (bicyclic) bond motifs is 1. The number of para-hydroxylation sites is 1. The van der Waals surface area contributed by atoms with E-state index >= 15 is 0 Å². The van der Waals surface area contributed by atoms with Crippen molar-refractivity contribution in [2.45, 2.75) is 49.7 Å². The van der Waals surface area contributed by atoms with Gasteiger partial charge in [0.2, 0.25) is 0 Å². The van der Waals surface area contributed by atoms with Gasteiger partial charge in [-0.1, -0.05) is 37.3 Å². The Morgan fingerprint density at radius 3 is 2.49 bits per heavy atom. The van der Waals surface area contributed by atoms with Crippen LogP contribution in [0, 0.1) is 5.92 Å². The quantitative estimate of drug-likeness (QED) is 0.248. The van der Waals surface area contributed by atoms with Crippen molar-refractivity contribution in [1.29, 1.82) is 0 Å². The smallest absolute Gasteiger partial charge is 0.268 e. The fourth-order valence-electron chi connectivity index (χ4n) is 4.59. The Morgan fingerprint density at radius 1 is 1.11 bits per heavy atom. The second kappa shape index (κ2) is 10.7. The number of aliphatic hydroxyl groups excluding tert-OH is 5. The highest BCUT2D eigenvalue weighted by Gasteiger charge is 2.53. The summed E-state index contributed by atoms with van der Waals surface area (Å²) in [7, 11) is 0. The molecule has 2 heterocycles. The molecule has 2 aromatic rings. The molecule has 4 rings (SSSR count). The van der Waals surface area contributed by atoms with Gasteiger partial charge in [0.1, 0.15) is 18.3 Å². The highest BCUT2D eigenvalue weighted by Crippen LogP contribution is 2.49. The second-order valence-corrected chi connectivity index (χ2v) is 9.11. The lowest BCUT2D eigenvalue weighted by Crippen LogP contribution is -2.60. The molecule has 2 aliphatic rings. The van der Waals surface area contributed by atoms with Gasteiger partial charge in [-0.05, 0) is 36.8 Å². The zero-order chi connectivity index (χ0) is 26.9. The number of amides is 2. The van der Waals surface area contributed by atoms with Gasteiger partial charge in [0.05, 0.1) is 5.69 Å². The topological polar surface area (TPSA) is 180 Å². The summed E-state index contributed by atoms with van der Waals surface area (Å²) in [5.41, 5.74) is -0.687. The molecule has 0 aromatic heterocycles. The van der Waals surface area contributed by atoms with Crippen molar-refractivity contribution in [1.82, 2.24) is 0 Å². The van der Waals surface area contributed by atoms with Crippen LogP contribution in [0.5, 0.6) is 0 Å². The third-order valence-corrected chi connectivity index (χ3v) is 6.69. The van der Waals surface area contributed by atoms with Crippen LogP contribution in [0.3, 0.4) is 0 Å². The van der Waals surface area contributed by atoms with Crippen molar-refractivity contribution in [3.63, 3.8) is 0 Å². The molecule has 0 saturated carbocycles. The zero-order valence-corrected chi connectivity index (χ0v) is 20.0. The molecule has 2 amide bonds. The molecule has 198 valence electrons. The number of ether oxygens (including phenoxy) is 1. The SMILES string of the molecule is C[C@@H](/C=C/CCO)[C@]1(O)C(=O)N(c2ccccc2)c2ccc(NC(=O)[C@H]3O[C@@H](O)[C@H](O)[C@@H](O)[C@@H]3O)cc21. The first-order valence-electron chi connectivity index (χ1n) is 11.8. The van der Waals surface area contributed by atoms with Gasteiger partial charge in [-0.25, -0.2) is 0 Å². The Labute approximate surface area is 212 Å². The Morgan fingerprint density at radius 2 is 1.81 bits per heavy atom. The van der Waals surface area contributed by atoms with Gasteiger partial charge in [-0.15, -0.1) is 0 Å². The maximum atomic E-state index is 13.7. The van der Waals surface area contributed by atoms with Crippen LogP contribution in [0.1, 0.15) is 18.9 Å². The van der Waals surface area contributed by atoms with E-state index in [0.29, 0.717) is 17.8 Å². The first kappa shape index (κ1) is 26.9. The minimum Gasteiger partial charge on any atom is -0.396 e. The molecule has 7 N–H and O–H groups in total. The first-order valence-corrected chi connectivity index (χ1v) is 11.8. The van der Waals surface area contributed by atoms with E-state index in [-0.39, 0.29) is 17.9 Å². The minimum atomic E-state index is -2.00. The molecule has 0 unspecified atom stereocenters. The van der Waals surface area contributed by atoms with Gasteiger partial charge in [-0.3, -0.25) is 14.5 Å². The third-order valence-electron chi connectivity index (χ3n) is 6.69. The standard InChI is InChI=1S/C26H30N2O9/c1-14(7-5-6-12-29)26(36)17-13-15(27-23(33)22-20(31)19(30)21(32)24(34)37-22)10-11-18(17)28(25(26)35)16-8-3-2-4-9-16/h2-5,7-11,13-14,19-22,24,29-32,34,36H,6,12H2,1H3,(H,27,33)/b7-5+/t14-,19-,20-,21+,22-,24+,26+/m0/s1. The Bertz CT molecular complexity index is 1170. The number of carbonyl (C=O) groups excluding carboxylic acids is 2. The average Bonchev–Trinajstić information content (AvgIpc) is 3.12. The molecular formula is C26H30N2O9. The minimum absolute atomic E-state index is 0.0893. The third kappa shape index (κ3) is 4.78. The first-order chi connectivity index (χ1) is 17.6. The molecule has 37 heavy (non-hydrogen) atoms. The van der Waals surface area contributed by atoms with E-state index in [1.807, 2.05) is 0 Å². The molecular weight excluding hydrogens is 484 g/mol. The number of benzene rings is 2.